The van der Waals surface area contributed by atoms with E-state index in [-0.39, 0.29) is 23.6 Å². The fourth-order valence-corrected chi connectivity index (χ4v) is 7.23. The number of hydrogen-bond donors (Lipinski definition) is 1. The van der Waals surface area contributed by atoms with Gasteiger partial charge in [0.1, 0.15) is 17.2 Å². The highest BCUT2D eigenvalue weighted by Gasteiger charge is 2.70. The smallest absolute Gasteiger partial charge is 0.238 e. The summed E-state index contributed by atoms with van der Waals surface area (Å²) in [4.78, 5) is 45.9. The van der Waals surface area contributed by atoms with Gasteiger partial charge in [-0.25, -0.2) is 0 Å². The third-order valence-corrected chi connectivity index (χ3v) is 9.01. The largest absolute Gasteiger partial charge is 0.491 e. The molecule has 1 spiro atoms. The van der Waals surface area contributed by atoms with E-state index in [1.54, 1.807) is 48.5 Å². The number of amides is 1. The molecule has 0 aliphatic carbocycles. The number of benzene rings is 4. The number of anilines is 1. The fourth-order valence-electron chi connectivity index (χ4n) is 7.10. The number of ether oxygens (including phenoxy) is 1. The van der Waals surface area contributed by atoms with Crippen molar-refractivity contribution in [2.24, 2.45) is 5.92 Å². The second-order valence-corrected chi connectivity index (χ2v) is 11.9. The molecule has 1 N–H and O–H groups in total. The molecule has 0 bridgehead atoms. The highest BCUT2D eigenvalue weighted by molar-refractivity contribution is 6.30. The van der Waals surface area contributed by atoms with Gasteiger partial charge >= 0.3 is 0 Å². The molecule has 1 amide bonds. The summed E-state index contributed by atoms with van der Waals surface area (Å²) in [5, 5.41) is 3.58. The lowest BCUT2D eigenvalue weighted by Crippen LogP contribution is -2.49. The molecule has 0 unspecified atom stereocenters. The van der Waals surface area contributed by atoms with Crippen LogP contribution < -0.4 is 10.1 Å². The minimum absolute atomic E-state index is 0.0255. The minimum atomic E-state index is -1.38. The van der Waals surface area contributed by atoms with E-state index in [0.717, 1.165) is 11.1 Å². The quantitative estimate of drug-likeness (QED) is 0.243. The lowest BCUT2D eigenvalue weighted by Gasteiger charge is -2.38. The Morgan fingerprint density at radius 3 is 2.26 bits per heavy atom. The number of ketones is 2. The van der Waals surface area contributed by atoms with Crippen molar-refractivity contribution in [3.63, 3.8) is 0 Å². The predicted molar refractivity (Wildman–Crippen MR) is 166 cm³/mol. The van der Waals surface area contributed by atoms with Gasteiger partial charge < -0.3 is 15.0 Å². The first kappa shape index (κ1) is 27.2. The Hall–Kier alpha value is -4.68. The summed E-state index contributed by atoms with van der Waals surface area (Å²) in [6.45, 7) is 3.87. The second-order valence-electron chi connectivity index (χ2n) is 11.5. The van der Waals surface area contributed by atoms with Crippen LogP contribution in [-0.4, -0.2) is 34.5 Å². The predicted octanol–water partition coefficient (Wildman–Crippen LogP) is 7.11. The molecule has 7 rings (SSSR count). The molecule has 4 aromatic rings. The van der Waals surface area contributed by atoms with Crippen molar-refractivity contribution >= 4 is 40.8 Å². The maximum atomic E-state index is 14.9. The Balaban J connectivity index is 1.48. The van der Waals surface area contributed by atoms with Crippen molar-refractivity contribution in [2.45, 2.75) is 37.5 Å². The molecule has 214 valence electrons. The maximum absolute atomic E-state index is 14.9. The maximum Gasteiger partial charge on any atom is 0.238 e. The van der Waals surface area contributed by atoms with Crippen molar-refractivity contribution in [2.75, 3.05) is 5.32 Å². The van der Waals surface area contributed by atoms with E-state index < -0.39 is 23.4 Å². The molecule has 1 fully saturated rings. The summed E-state index contributed by atoms with van der Waals surface area (Å²) in [5.74, 6) is -1.23. The van der Waals surface area contributed by atoms with E-state index in [9.17, 15) is 14.4 Å². The van der Waals surface area contributed by atoms with Gasteiger partial charge in [0.15, 0.2) is 11.6 Å². The van der Waals surface area contributed by atoms with Crippen LogP contribution in [0.1, 0.15) is 57.3 Å². The minimum Gasteiger partial charge on any atom is -0.491 e. The molecule has 0 saturated carbocycles. The van der Waals surface area contributed by atoms with Crippen molar-refractivity contribution < 1.29 is 19.1 Å². The summed E-state index contributed by atoms with van der Waals surface area (Å²) in [7, 11) is 0. The lowest BCUT2D eigenvalue weighted by atomic mass is 9.62. The number of nitrogens with one attached hydrogen (secondary N) is 1. The van der Waals surface area contributed by atoms with E-state index in [2.05, 4.69) is 5.32 Å². The number of rotatable bonds is 6. The van der Waals surface area contributed by atoms with Crippen LogP contribution in [0.25, 0.3) is 6.08 Å². The number of hydrogen-bond acceptors (Lipinski definition) is 5. The Labute approximate surface area is 254 Å². The molecule has 3 aliphatic heterocycles. The molecule has 1 saturated heterocycles. The van der Waals surface area contributed by atoms with Gasteiger partial charge in [-0.05, 0) is 91.2 Å². The first-order valence-corrected chi connectivity index (χ1v) is 14.7. The van der Waals surface area contributed by atoms with Crippen LogP contribution in [0.15, 0.2) is 103 Å². The van der Waals surface area contributed by atoms with Gasteiger partial charge in [0.2, 0.25) is 5.91 Å². The number of Topliss-reactive ketones (excluding diaryl/α,β-unsaturated/α-hetero) is 2. The molecule has 0 radical (unpaired) electrons. The van der Waals surface area contributed by atoms with Crippen LogP contribution >= 0.6 is 11.6 Å². The molecule has 3 heterocycles. The standard InChI is InChI=1S/C36H29ClN2O4/c1-21(2)43-26-17-13-23(14-18-26)32(40)30-31(33(41)24-11-15-25(37)16-12-24)39-20-19-22-7-3-4-8-27(22)34(39)36(30)28-9-5-6-10-29(28)38-35(36)42/h3-21,30-31,34H,1-2H3,(H,38,42)/t30-,31-,34-,36-/m1/s1. The summed E-state index contributed by atoms with van der Waals surface area (Å²) in [5.41, 5.74) is 2.64. The lowest BCUT2D eigenvalue weighted by molar-refractivity contribution is -0.122. The Kier molecular flexibility index (Phi) is 6.47. The first-order chi connectivity index (χ1) is 20.8. The van der Waals surface area contributed by atoms with Crippen molar-refractivity contribution in [3.05, 3.63) is 136 Å². The van der Waals surface area contributed by atoms with Gasteiger partial charge in [0, 0.05) is 28.0 Å². The van der Waals surface area contributed by atoms with Gasteiger partial charge in [-0.1, -0.05) is 54.1 Å². The fraction of sp³-hybridized carbons (Fsp3) is 0.194. The number of carbonyl (C=O) groups is 3. The van der Waals surface area contributed by atoms with Crippen molar-refractivity contribution in [1.29, 1.82) is 0 Å². The zero-order valence-electron chi connectivity index (χ0n) is 23.7. The molecule has 7 heteroatoms. The normalized spacial score (nSPS) is 23.1. The van der Waals surface area contributed by atoms with Crippen LogP contribution in [0.2, 0.25) is 5.02 Å². The number of para-hydroxylation sites is 1. The summed E-state index contributed by atoms with van der Waals surface area (Å²) in [6, 6.07) is 27.4. The highest BCUT2D eigenvalue weighted by atomic mass is 35.5. The van der Waals surface area contributed by atoms with Crippen LogP contribution in [0, 0.1) is 5.92 Å². The molecule has 4 aromatic carbocycles. The Morgan fingerprint density at radius 1 is 0.860 bits per heavy atom. The van der Waals surface area contributed by atoms with E-state index in [4.69, 9.17) is 16.3 Å². The van der Waals surface area contributed by atoms with Crippen LogP contribution in [0.5, 0.6) is 5.75 Å². The monoisotopic (exact) mass is 588 g/mol. The molecule has 6 nitrogen and oxygen atoms in total. The van der Waals surface area contributed by atoms with Crippen LogP contribution in [0.4, 0.5) is 5.69 Å². The van der Waals surface area contributed by atoms with E-state index in [1.165, 1.54) is 0 Å². The van der Waals surface area contributed by atoms with Gasteiger partial charge in [-0.15, -0.1) is 0 Å². The van der Waals surface area contributed by atoms with Crippen molar-refractivity contribution in [1.82, 2.24) is 4.90 Å². The second kappa shape index (κ2) is 10.2. The molecular formula is C36H29ClN2O4. The van der Waals surface area contributed by atoms with Crippen LogP contribution in [-0.2, 0) is 10.2 Å². The zero-order valence-corrected chi connectivity index (χ0v) is 24.4. The SMILES string of the molecule is CC(C)Oc1ccc(C(=O)[C@H]2[C@H](C(=O)c3ccc(Cl)cc3)N3C=Cc4ccccc4[C@@H]3[C@]23C(=O)Nc2ccccc23)cc1. The summed E-state index contributed by atoms with van der Waals surface area (Å²) in [6.07, 6.45) is 3.79. The Bertz CT molecular complexity index is 1800. The average Bonchev–Trinajstić information content (AvgIpc) is 3.49. The van der Waals surface area contributed by atoms with Crippen LogP contribution in [0.3, 0.4) is 0 Å². The van der Waals surface area contributed by atoms with Crippen molar-refractivity contribution in [3.8, 4) is 5.75 Å². The molecule has 43 heavy (non-hydrogen) atoms. The van der Waals surface area contributed by atoms with E-state index in [1.807, 2.05) is 79.6 Å². The van der Waals surface area contributed by atoms with E-state index in [0.29, 0.717) is 33.1 Å². The van der Waals surface area contributed by atoms with Gasteiger partial charge in [0.25, 0.3) is 0 Å². The zero-order chi connectivity index (χ0) is 29.9. The number of fused-ring (bicyclic) bond motifs is 6. The molecular weight excluding hydrogens is 560 g/mol. The number of carbonyl (C=O) groups excluding carboxylic acids is 3. The topological polar surface area (TPSA) is 75.7 Å². The summed E-state index contributed by atoms with van der Waals surface area (Å²) < 4.78 is 5.82. The van der Waals surface area contributed by atoms with Gasteiger partial charge in [0.05, 0.1) is 18.1 Å². The van der Waals surface area contributed by atoms with E-state index >= 15 is 0 Å². The van der Waals surface area contributed by atoms with Gasteiger partial charge in [-0.3, -0.25) is 14.4 Å². The first-order valence-electron chi connectivity index (χ1n) is 14.4. The molecule has 4 atom stereocenters. The number of halogens is 1. The molecule has 3 aliphatic rings. The highest BCUT2D eigenvalue weighted by Crippen LogP contribution is 2.62. The van der Waals surface area contributed by atoms with Gasteiger partial charge in [-0.2, -0.15) is 0 Å². The number of nitrogens with zero attached hydrogens (tertiary/aromatic N) is 1. The third-order valence-electron chi connectivity index (χ3n) is 8.76. The Morgan fingerprint density at radius 2 is 1.51 bits per heavy atom. The third kappa shape index (κ3) is 4.12. The summed E-state index contributed by atoms with van der Waals surface area (Å²) >= 11 is 6.17. The molecule has 0 aromatic heterocycles. The average molecular weight is 589 g/mol.